The number of hydrogen-bond acceptors (Lipinski definition) is 21. The Kier molecular flexibility index (Phi) is 44.9. The van der Waals surface area contributed by atoms with E-state index in [-0.39, 0.29) is 62.0 Å². The van der Waals surface area contributed by atoms with Crippen molar-refractivity contribution in [3.8, 4) is 0 Å². The summed E-state index contributed by atoms with van der Waals surface area (Å²) in [6, 6.07) is 0. The minimum absolute atomic E-state index is 0.0155. The third-order valence-corrected chi connectivity index (χ3v) is 7.85. The van der Waals surface area contributed by atoms with Crippen molar-refractivity contribution >= 4 is 76.0 Å². The Morgan fingerprint density at radius 2 is 0.725 bits per heavy atom. The Morgan fingerprint density at radius 1 is 0.464 bits per heavy atom. The Balaban J connectivity index is -0.000000264. The van der Waals surface area contributed by atoms with Gasteiger partial charge in [-0.05, 0) is 103 Å². The van der Waals surface area contributed by atoms with Crippen LogP contribution in [0.1, 0.15) is 95.4 Å². The molecule has 392 valence electrons. The van der Waals surface area contributed by atoms with Crippen LogP contribution in [0.15, 0.2) is 60.8 Å². The molecule has 0 saturated heterocycles. The Morgan fingerprint density at radius 3 is 0.913 bits per heavy atom. The third-order valence-electron chi connectivity index (χ3n) is 7.52. The van der Waals surface area contributed by atoms with Gasteiger partial charge in [-0.25, -0.2) is 33.6 Å². The number of carbonyl (C=O) groups is 11. The van der Waals surface area contributed by atoms with Crippen LogP contribution in [-0.4, -0.2) is 157 Å². The summed E-state index contributed by atoms with van der Waals surface area (Å²) in [5, 5.41) is 17.1. The maximum absolute atomic E-state index is 11.5. The van der Waals surface area contributed by atoms with Crippen molar-refractivity contribution in [2.75, 3.05) is 59.3 Å². The largest absolute Gasteiger partial charge is 0.463 e. The maximum Gasteiger partial charge on any atom is 0.347 e. The van der Waals surface area contributed by atoms with E-state index >= 15 is 0 Å². The maximum atomic E-state index is 11.5. The molecule has 0 radical (unpaired) electrons. The van der Waals surface area contributed by atoms with Crippen molar-refractivity contribution < 1.29 is 96.1 Å². The zero-order valence-corrected chi connectivity index (χ0v) is 42.6. The fourth-order valence-electron chi connectivity index (χ4n) is 3.27. The second-order valence-corrected chi connectivity index (χ2v) is 14.5. The molecule has 0 aliphatic carbocycles. The molecular weight excluding hydrogens is 934 g/mol. The van der Waals surface area contributed by atoms with Gasteiger partial charge in [0.15, 0.2) is 43.3 Å². The van der Waals surface area contributed by atoms with Gasteiger partial charge >= 0.3 is 41.8 Å². The van der Waals surface area contributed by atoms with Gasteiger partial charge in [0.25, 0.3) is 0 Å². The van der Waals surface area contributed by atoms with Crippen molar-refractivity contribution in [2.45, 2.75) is 114 Å². The Labute approximate surface area is 409 Å². The van der Waals surface area contributed by atoms with E-state index in [4.69, 9.17) is 31.3 Å². The van der Waals surface area contributed by atoms with Gasteiger partial charge in [-0.3, -0.25) is 19.2 Å². The molecule has 0 aliphatic heterocycles. The van der Waals surface area contributed by atoms with Gasteiger partial charge in [-0.15, -0.1) is 0 Å². The first-order valence-corrected chi connectivity index (χ1v) is 21.5. The highest BCUT2D eigenvalue weighted by Crippen LogP contribution is 2.02. The number of allylic oxidation sites excluding steroid dienone is 4. The molecule has 0 aromatic carbocycles. The number of ketones is 3. The van der Waals surface area contributed by atoms with E-state index in [0.29, 0.717) is 22.3 Å². The molecule has 22 heteroatoms. The summed E-state index contributed by atoms with van der Waals surface area (Å²) in [5.74, 6) is -6.37. The molecule has 21 nitrogen and oxygen atoms in total. The monoisotopic (exact) mass is 1010 g/mol. The SMILES string of the molecule is C=C(C)C(=O)CCOC(=O)COC(=O)C(C)O.C=C(C)C(=O)CCOC(=O)COC(=O)C(C)O.C=C(C)C(=O)CCOC(=O)COC(=O)C(C)OC(=O)C(=C)C.C=C(C)C(=O)Cl.CCN(CC)CC. The van der Waals surface area contributed by atoms with Crippen LogP contribution in [0.4, 0.5) is 0 Å². The van der Waals surface area contributed by atoms with Gasteiger partial charge in [0, 0.05) is 30.4 Å². The smallest absolute Gasteiger partial charge is 0.347 e. The topological polar surface area (TPSA) is 296 Å². The number of rotatable bonds is 27. The summed E-state index contributed by atoms with van der Waals surface area (Å²) in [6.07, 6.45) is -3.62. The van der Waals surface area contributed by atoms with E-state index in [2.05, 4.69) is 82.3 Å². The fourth-order valence-corrected chi connectivity index (χ4v) is 3.27. The highest BCUT2D eigenvalue weighted by molar-refractivity contribution is 6.67. The molecule has 0 bridgehead atoms. The molecule has 0 aliphatic rings. The number of aliphatic hydroxyl groups is 2. The molecule has 0 rings (SSSR count). The lowest BCUT2D eigenvalue weighted by Gasteiger charge is -2.13. The fraction of sp³-hybridized carbons (Fsp3) is 0.553. The number of hydrogen-bond donors (Lipinski definition) is 2. The number of aliphatic hydroxyl groups excluding tert-OH is 2. The third kappa shape index (κ3) is 46.7. The molecule has 0 aromatic heterocycles. The molecule has 0 fully saturated rings. The van der Waals surface area contributed by atoms with Gasteiger partial charge < -0.3 is 48.3 Å². The van der Waals surface area contributed by atoms with Crippen molar-refractivity contribution in [1.29, 1.82) is 0 Å². The van der Waals surface area contributed by atoms with E-state index < -0.39 is 85.2 Å². The predicted octanol–water partition coefficient (Wildman–Crippen LogP) is 3.77. The molecule has 0 aromatic rings. The summed E-state index contributed by atoms with van der Waals surface area (Å²) in [4.78, 5) is 123. The second-order valence-electron chi connectivity index (χ2n) is 14.2. The number of esters is 7. The van der Waals surface area contributed by atoms with Crippen LogP contribution in [0.3, 0.4) is 0 Å². The van der Waals surface area contributed by atoms with E-state index in [1.54, 1.807) is 27.7 Å². The normalized spacial score (nSPS) is 10.9. The number of nitrogens with zero attached hydrogens (tertiary/aromatic N) is 1. The van der Waals surface area contributed by atoms with Crippen molar-refractivity contribution in [1.82, 2.24) is 4.90 Å². The van der Waals surface area contributed by atoms with Gasteiger partial charge in [-0.1, -0.05) is 53.7 Å². The van der Waals surface area contributed by atoms with Gasteiger partial charge in [0.2, 0.25) is 5.24 Å². The van der Waals surface area contributed by atoms with Crippen molar-refractivity contribution in [3.05, 3.63) is 60.8 Å². The average Bonchev–Trinajstić information content (AvgIpc) is 3.27. The Hall–Kier alpha value is -6.16. The molecule has 2 N–H and O–H groups in total. The lowest BCUT2D eigenvalue weighted by Crippen LogP contribution is -2.28. The van der Waals surface area contributed by atoms with E-state index in [0.717, 1.165) is 0 Å². The quantitative estimate of drug-likeness (QED) is 0.0512. The van der Waals surface area contributed by atoms with Crippen LogP contribution >= 0.6 is 11.6 Å². The predicted molar refractivity (Wildman–Crippen MR) is 252 cm³/mol. The van der Waals surface area contributed by atoms with Crippen LogP contribution in [0.2, 0.25) is 0 Å². The molecule has 3 atom stereocenters. The zero-order valence-electron chi connectivity index (χ0n) is 41.8. The zero-order chi connectivity index (χ0) is 55.0. The van der Waals surface area contributed by atoms with Crippen molar-refractivity contribution in [3.63, 3.8) is 0 Å². The van der Waals surface area contributed by atoms with Crippen LogP contribution in [0.5, 0.6) is 0 Å². The summed E-state index contributed by atoms with van der Waals surface area (Å²) in [5.41, 5.74) is 1.68. The van der Waals surface area contributed by atoms with Gasteiger partial charge in [0.1, 0.15) is 12.2 Å². The minimum Gasteiger partial charge on any atom is -0.463 e. The molecular formula is C47H72ClNO20. The highest BCUT2D eigenvalue weighted by Gasteiger charge is 2.21. The summed E-state index contributed by atoms with van der Waals surface area (Å²) < 4.78 is 32.1. The molecule has 0 heterocycles. The van der Waals surface area contributed by atoms with E-state index in [1.807, 2.05) is 0 Å². The first-order valence-electron chi connectivity index (χ1n) is 21.2. The summed E-state index contributed by atoms with van der Waals surface area (Å²) in [6.45, 7) is 36.5. The first-order chi connectivity index (χ1) is 31.8. The highest BCUT2D eigenvalue weighted by atomic mass is 35.5. The standard InChI is InChI=1S/C15H20O7.2C11H16O6.C6H15N.C4H5ClO/c1-9(2)12(16)6-7-20-13(17)8-21-15(19)11(5)22-14(18)10(3)4;2*1-7(2)9(13)4-5-16-10(14)6-17-11(15)8(3)12;1-4-7(5-2)6-3;1-3(2)4(5)6/h11H,1,3,6-8H2,2,4-5H3;2*8,12H,1,4-6H2,2-3H3;4-6H2,1-3H3;1H2,2H3. The summed E-state index contributed by atoms with van der Waals surface area (Å²) >= 11 is 4.87. The first kappa shape index (κ1) is 71.8. The van der Waals surface area contributed by atoms with Crippen LogP contribution in [0, 0.1) is 0 Å². The second kappa shape index (κ2) is 43.1. The molecule has 69 heavy (non-hydrogen) atoms. The number of Topliss-reactive ketones (excluding diaryl/α,β-unsaturated/α-hetero) is 3. The molecule has 3 unspecified atom stereocenters. The molecule has 0 saturated carbocycles. The molecule has 0 amide bonds. The van der Waals surface area contributed by atoms with Crippen molar-refractivity contribution in [2.24, 2.45) is 0 Å². The van der Waals surface area contributed by atoms with Crippen LogP contribution < -0.4 is 0 Å². The minimum atomic E-state index is -1.28. The van der Waals surface area contributed by atoms with E-state index in [9.17, 15) is 52.7 Å². The summed E-state index contributed by atoms with van der Waals surface area (Å²) in [7, 11) is 0. The van der Waals surface area contributed by atoms with Crippen LogP contribution in [-0.2, 0) is 85.9 Å². The van der Waals surface area contributed by atoms with Crippen LogP contribution in [0.25, 0.3) is 0 Å². The van der Waals surface area contributed by atoms with Gasteiger partial charge in [-0.2, -0.15) is 0 Å². The van der Waals surface area contributed by atoms with E-state index in [1.165, 1.54) is 47.3 Å². The Bertz CT molecular complexity index is 1700. The number of carbonyl (C=O) groups excluding carboxylic acids is 11. The lowest BCUT2D eigenvalue weighted by molar-refractivity contribution is -0.169. The van der Waals surface area contributed by atoms with Gasteiger partial charge in [0.05, 0.1) is 19.8 Å². The molecule has 0 spiro atoms. The number of ether oxygens (including phenoxy) is 7. The number of halogens is 1. The lowest BCUT2D eigenvalue weighted by atomic mass is 10.2. The average molecular weight is 1010 g/mol.